The average molecular weight is 370 g/mol. The van der Waals surface area contributed by atoms with Crippen LogP contribution in [0.1, 0.15) is 6.42 Å². The number of halogens is 1. The van der Waals surface area contributed by atoms with Gasteiger partial charge in [-0.25, -0.2) is 0 Å². The van der Waals surface area contributed by atoms with Crippen LogP contribution in [-0.2, 0) is 4.79 Å². The molecule has 2 rings (SSSR count). The molecule has 0 spiro atoms. The Hall–Kier alpha value is -1.11. The van der Waals surface area contributed by atoms with Crippen LogP contribution in [0.5, 0.6) is 5.75 Å². The number of nitrogens with one attached hydrogen (secondary N) is 1. The van der Waals surface area contributed by atoms with Gasteiger partial charge in [0.25, 0.3) is 0 Å². The van der Waals surface area contributed by atoms with Crippen LogP contribution in [0.15, 0.2) is 28.7 Å². The van der Waals surface area contributed by atoms with Crippen LogP contribution in [0.3, 0.4) is 0 Å². The summed E-state index contributed by atoms with van der Waals surface area (Å²) >= 11 is 3.39. The lowest BCUT2D eigenvalue weighted by Gasteiger charge is -2.23. The first-order valence-corrected chi connectivity index (χ1v) is 8.50. The number of amides is 1. The lowest BCUT2D eigenvalue weighted by molar-refractivity contribution is -0.131. The zero-order valence-electron chi connectivity index (χ0n) is 13.1. The highest BCUT2D eigenvalue weighted by Crippen LogP contribution is 2.15. The Kier molecular flexibility index (Phi) is 7.15. The Morgan fingerprint density at radius 2 is 2.09 bits per heavy atom. The normalized spacial score (nSPS) is 16.1. The molecule has 1 aliphatic heterocycles. The van der Waals surface area contributed by atoms with E-state index in [0.717, 1.165) is 42.8 Å². The fourth-order valence-electron chi connectivity index (χ4n) is 2.33. The Morgan fingerprint density at radius 1 is 1.32 bits per heavy atom. The third-order valence-electron chi connectivity index (χ3n) is 3.73. The molecule has 0 aliphatic carbocycles. The standard InChI is InChI=1S/C16H24BrN3O2/c1-19(11-12-22-15-5-3-14(17)4-6-15)16(21)13-20-9-2-7-18-8-10-20/h3-6,18H,2,7-13H2,1H3. The maximum Gasteiger partial charge on any atom is 0.236 e. The number of benzene rings is 1. The van der Waals surface area contributed by atoms with E-state index in [9.17, 15) is 4.79 Å². The van der Waals surface area contributed by atoms with Gasteiger partial charge in [0.05, 0.1) is 13.1 Å². The summed E-state index contributed by atoms with van der Waals surface area (Å²) in [6.07, 6.45) is 1.10. The Bertz CT molecular complexity index is 459. The molecule has 0 unspecified atom stereocenters. The molecule has 1 amide bonds. The fraction of sp³-hybridized carbons (Fsp3) is 0.562. The summed E-state index contributed by atoms with van der Waals surface area (Å²) in [6.45, 7) is 5.53. The molecule has 5 nitrogen and oxygen atoms in total. The fourth-order valence-corrected chi connectivity index (χ4v) is 2.59. The second-order valence-corrected chi connectivity index (χ2v) is 6.41. The highest BCUT2D eigenvalue weighted by atomic mass is 79.9. The molecule has 1 heterocycles. The minimum Gasteiger partial charge on any atom is -0.492 e. The second kappa shape index (κ2) is 9.12. The van der Waals surface area contributed by atoms with Crippen molar-refractivity contribution in [1.82, 2.24) is 15.1 Å². The minimum absolute atomic E-state index is 0.154. The van der Waals surface area contributed by atoms with E-state index in [1.807, 2.05) is 31.3 Å². The Morgan fingerprint density at radius 3 is 2.86 bits per heavy atom. The summed E-state index contributed by atoms with van der Waals surface area (Å²) in [4.78, 5) is 16.2. The number of hydrogen-bond donors (Lipinski definition) is 1. The van der Waals surface area contributed by atoms with E-state index in [4.69, 9.17) is 4.74 Å². The maximum absolute atomic E-state index is 12.2. The van der Waals surface area contributed by atoms with Crippen molar-refractivity contribution in [3.63, 3.8) is 0 Å². The van der Waals surface area contributed by atoms with Crippen LogP contribution in [-0.4, -0.2) is 68.6 Å². The minimum atomic E-state index is 0.154. The van der Waals surface area contributed by atoms with E-state index in [2.05, 4.69) is 26.1 Å². The number of hydrogen-bond acceptors (Lipinski definition) is 4. The molecule has 0 radical (unpaired) electrons. The van der Waals surface area contributed by atoms with E-state index in [0.29, 0.717) is 19.7 Å². The molecule has 1 aliphatic rings. The molecular weight excluding hydrogens is 346 g/mol. The third kappa shape index (κ3) is 5.94. The first-order valence-electron chi connectivity index (χ1n) is 7.70. The predicted molar refractivity (Wildman–Crippen MR) is 91.2 cm³/mol. The van der Waals surface area contributed by atoms with E-state index < -0.39 is 0 Å². The highest BCUT2D eigenvalue weighted by molar-refractivity contribution is 9.10. The first-order chi connectivity index (χ1) is 10.6. The molecule has 6 heteroatoms. The van der Waals surface area contributed by atoms with Crippen LogP contribution >= 0.6 is 15.9 Å². The summed E-state index contributed by atoms with van der Waals surface area (Å²) in [5, 5.41) is 3.35. The predicted octanol–water partition coefficient (Wildman–Crippen LogP) is 1.58. The molecule has 22 heavy (non-hydrogen) atoms. The zero-order chi connectivity index (χ0) is 15.8. The molecule has 1 N–H and O–H groups in total. The number of ether oxygens (including phenoxy) is 1. The molecule has 122 valence electrons. The Balaban J connectivity index is 1.68. The van der Waals surface area contributed by atoms with E-state index >= 15 is 0 Å². The topological polar surface area (TPSA) is 44.8 Å². The zero-order valence-corrected chi connectivity index (χ0v) is 14.6. The van der Waals surface area contributed by atoms with Crippen molar-refractivity contribution in [2.24, 2.45) is 0 Å². The van der Waals surface area contributed by atoms with E-state index in [-0.39, 0.29) is 5.91 Å². The second-order valence-electron chi connectivity index (χ2n) is 5.50. The van der Waals surface area contributed by atoms with Crippen molar-refractivity contribution < 1.29 is 9.53 Å². The van der Waals surface area contributed by atoms with Crippen molar-refractivity contribution in [2.75, 3.05) is 52.9 Å². The third-order valence-corrected chi connectivity index (χ3v) is 4.26. The van der Waals surface area contributed by atoms with Gasteiger partial charge in [-0.2, -0.15) is 0 Å². The van der Waals surface area contributed by atoms with Gasteiger partial charge in [0.1, 0.15) is 12.4 Å². The van der Waals surface area contributed by atoms with E-state index in [1.165, 1.54) is 0 Å². The van der Waals surface area contributed by atoms with Crippen LogP contribution < -0.4 is 10.1 Å². The van der Waals surface area contributed by atoms with Crippen LogP contribution in [0.2, 0.25) is 0 Å². The van der Waals surface area contributed by atoms with Gasteiger partial charge in [-0.1, -0.05) is 15.9 Å². The lowest BCUT2D eigenvalue weighted by atomic mass is 10.3. The largest absolute Gasteiger partial charge is 0.492 e. The number of carbonyl (C=O) groups excluding carboxylic acids is 1. The summed E-state index contributed by atoms with van der Waals surface area (Å²) in [7, 11) is 1.84. The van der Waals surface area contributed by atoms with Crippen molar-refractivity contribution >= 4 is 21.8 Å². The monoisotopic (exact) mass is 369 g/mol. The molecule has 1 fully saturated rings. The SMILES string of the molecule is CN(CCOc1ccc(Br)cc1)C(=O)CN1CCCNCC1. The van der Waals surface area contributed by atoms with Gasteiger partial charge >= 0.3 is 0 Å². The summed E-state index contributed by atoms with van der Waals surface area (Å²) in [5.74, 6) is 0.976. The maximum atomic E-state index is 12.2. The van der Waals surface area contributed by atoms with Gasteiger partial charge in [-0.15, -0.1) is 0 Å². The van der Waals surface area contributed by atoms with Gasteiger partial charge in [-0.3, -0.25) is 9.69 Å². The van der Waals surface area contributed by atoms with Gasteiger partial charge in [-0.05, 0) is 43.8 Å². The van der Waals surface area contributed by atoms with E-state index in [1.54, 1.807) is 4.90 Å². The summed E-state index contributed by atoms with van der Waals surface area (Å²) in [5.41, 5.74) is 0. The molecule has 0 saturated carbocycles. The molecular formula is C16H24BrN3O2. The number of rotatable bonds is 6. The van der Waals surface area contributed by atoms with Crippen molar-refractivity contribution in [1.29, 1.82) is 0 Å². The van der Waals surface area contributed by atoms with Crippen molar-refractivity contribution in [3.05, 3.63) is 28.7 Å². The summed E-state index contributed by atoms with van der Waals surface area (Å²) < 4.78 is 6.68. The first kappa shape index (κ1) is 17.2. The van der Waals surface area contributed by atoms with Crippen LogP contribution in [0, 0.1) is 0 Å². The molecule has 1 saturated heterocycles. The molecule has 0 atom stereocenters. The molecule has 1 aromatic rings. The number of carbonyl (C=O) groups is 1. The highest BCUT2D eigenvalue weighted by Gasteiger charge is 2.15. The molecule has 0 bridgehead atoms. The lowest BCUT2D eigenvalue weighted by Crippen LogP contribution is -2.41. The van der Waals surface area contributed by atoms with Crippen LogP contribution in [0.25, 0.3) is 0 Å². The Labute approximate surface area is 140 Å². The van der Waals surface area contributed by atoms with Crippen molar-refractivity contribution in [2.45, 2.75) is 6.42 Å². The van der Waals surface area contributed by atoms with Gasteiger partial charge in [0.2, 0.25) is 5.91 Å². The number of likely N-dealkylation sites (N-methyl/N-ethyl adjacent to an activating group) is 1. The van der Waals surface area contributed by atoms with Crippen LogP contribution in [0.4, 0.5) is 0 Å². The average Bonchev–Trinajstić information content (AvgIpc) is 2.77. The van der Waals surface area contributed by atoms with Gasteiger partial charge < -0.3 is 15.0 Å². The van der Waals surface area contributed by atoms with Gasteiger partial charge in [0, 0.05) is 24.6 Å². The number of nitrogens with zero attached hydrogens (tertiary/aromatic N) is 2. The molecule has 0 aromatic heterocycles. The molecule has 1 aromatic carbocycles. The quantitative estimate of drug-likeness (QED) is 0.826. The van der Waals surface area contributed by atoms with Crippen molar-refractivity contribution in [3.8, 4) is 5.75 Å². The summed E-state index contributed by atoms with van der Waals surface area (Å²) in [6, 6.07) is 7.71. The smallest absolute Gasteiger partial charge is 0.236 e. The van der Waals surface area contributed by atoms with Gasteiger partial charge in [0.15, 0.2) is 0 Å².